The molecule has 0 aromatic rings. The highest BCUT2D eigenvalue weighted by molar-refractivity contribution is 14.0. The number of hydrogen-bond donors (Lipinski definition) is 1. The third-order valence-corrected chi connectivity index (χ3v) is 3.80. The van der Waals surface area contributed by atoms with Gasteiger partial charge in [-0.2, -0.15) is 0 Å². The van der Waals surface area contributed by atoms with E-state index in [9.17, 15) is 0 Å². The van der Waals surface area contributed by atoms with Crippen LogP contribution in [-0.4, -0.2) is 62.6 Å². The van der Waals surface area contributed by atoms with Gasteiger partial charge in [0.2, 0.25) is 0 Å². The van der Waals surface area contributed by atoms with Crippen molar-refractivity contribution in [3.63, 3.8) is 0 Å². The molecule has 0 aliphatic carbocycles. The third-order valence-electron chi connectivity index (χ3n) is 3.80. The van der Waals surface area contributed by atoms with Crippen molar-refractivity contribution in [2.24, 2.45) is 4.99 Å². The smallest absolute Gasteiger partial charge is 0.193 e. The van der Waals surface area contributed by atoms with Crippen LogP contribution in [0.15, 0.2) is 4.99 Å². The summed E-state index contributed by atoms with van der Waals surface area (Å²) in [7, 11) is 3.99. The molecule has 0 atom stereocenters. The predicted octanol–water partition coefficient (Wildman–Crippen LogP) is 2.79. The highest BCUT2D eigenvalue weighted by Gasteiger charge is 2.10. The average Bonchev–Trinajstić information content (AvgIpc) is 2.93. The van der Waals surface area contributed by atoms with Crippen molar-refractivity contribution in [1.29, 1.82) is 0 Å². The van der Waals surface area contributed by atoms with Gasteiger partial charge in [0, 0.05) is 27.2 Å². The van der Waals surface area contributed by atoms with E-state index >= 15 is 0 Å². The molecule has 1 saturated heterocycles. The van der Waals surface area contributed by atoms with Gasteiger partial charge >= 0.3 is 0 Å². The highest BCUT2D eigenvalue weighted by Crippen LogP contribution is 2.07. The van der Waals surface area contributed by atoms with Crippen LogP contribution in [0.5, 0.6) is 0 Å². The molecule has 120 valence electrons. The lowest BCUT2D eigenvalue weighted by Crippen LogP contribution is -2.39. The lowest BCUT2D eigenvalue weighted by atomic mass is 10.3. The first-order valence-corrected chi connectivity index (χ1v) is 7.92. The van der Waals surface area contributed by atoms with Gasteiger partial charge in [-0.25, -0.2) is 0 Å². The predicted molar refractivity (Wildman–Crippen MR) is 99.2 cm³/mol. The maximum absolute atomic E-state index is 4.34. The molecule has 1 rings (SSSR count). The van der Waals surface area contributed by atoms with Gasteiger partial charge in [-0.1, -0.05) is 13.3 Å². The van der Waals surface area contributed by atoms with Gasteiger partial charge in [0.15, 0.2) is 5.96 Å². The van der Waals surface area contributed by atoms with Crippen LogP contribution in [0.4, 0.5) is 0 Å². The molecule has 0 radical (unpaired) electrons. The molecular weight excluding hydrogens is 363 g/mol. The first kappa shape index (κ1) is 20.0. The quantitative estimate of drug-likeness (QED) is 0.296. The SMILES string of the molecule is CCCCN(C)C(=NC)NCCCCN1CCCC1.I. The van der Waals surface area contributed by atoms with Crippen LogP contribution < -0.4 is 5.32 Å². The van der Waals surface area contributed by atoms with Crippen LogP contribution in [0.3, 0.4) is 0 Å². The van der Waals surface area contributed by atoms with E-state index in [-0.39, 0.29) is 24.0 Å². The fourth-order valence-corrected chi connectivity index (χ4v) is 2.55. The minimum atomic E-state index is 0. The Balaban J connectivity index is 0.00000361. The molecule has 5 heteroatoms. The first-order valence-electron chi connectivity index (χ1n) is 7.92. The van der Waals surface area contributed by atoms with Crippen molar-refractivity contribution in [3.8, 4) is 0 Å². The van der Waals surface area contributed by atoms with Crippen molar-refractivity contribution in [2.45, 2.75) is 45.4 Å². The zero-order valence-electron chi connectivity index (χ0n) is 13.5. The summed E-state index contributed by atoms with van der Waals surface area (Å²) in [6.45, 7) is 8.25. The molecule has 1 aliphatic rings. The topological polar surface area (TPSA) is 30.9 Å². The molecule has 1 fully saturated rings. The number of hydrogen-bond acceptors (Lipinski definition) is 2. The minimum absolute atomic E-state index is 0. The molecule has 20 heavy (non-hydrogen) atoms. The molecule has 1 heterocycles. The van der Waals surface area contributed by atoms with Gasteiger partial charge in [-0.15, -0.1) is 24.0 Å². The molecule has 0 amide bonds. The maximum Gasteiger partial charge on any atom is 0.193 e. The summed E-state index contributed by atoms with van der Waals surface area (Å²) in [5, 5.41) is 3.46. The minimum Gasteiger partial charge on any atom is -0.356 e. The molecular formula is C15H33IN4. The number of unbranched alkanes of at least 4 members (excludes halogenated alkanes) is 2. The number of aliphatic imine (C=N–C) groups is 1. The van der Waals surface area contributed by atoms with E-state index in [2.05, 4.69) is 34.1 Å². The van der Waals surface area contributed by atoms with Crippen LogP contribution in [0.1, 0.15) is 45.4 Å². The molecule has 0 spiro atoms. The second-order valence-electron chi connectivity index (χ2n) is 5.50. The van der Waals surface area contributed by atoms with Gasteiger partial charge in [-0.3, -0.25) is 4.99 Å². The van der Waals surface area contributed by atoms with E-state index in [0.717, 1.165) is 19.0 Å². The van der Waals surface area contributed by atoms with Gasteiger partial charge in [0.25, 0.3) is 0 Å². The summed E-state index contributed by atoms with van der Waals surface area (Å²) < 4.78 is 0. The number of nitrogens with zero attached hydrogens (tertiary/aromatic N) is 3. The molecule has 0 unspecified atom stereocenters. The van der Waals surface area contributed by atoms with Gasteiger partial charge in [-0.05, 0) is 51.7 Å². The lowest BCUT2D eigenvalue weighted by Gasteiger charge is -2.22. The van der Waals surface area contributed by atoms with Gasteiger partial charge in [0.05, 0.1) is 0 Å². The Morgan fingerprint density at radius 2 is 1.90 bits per heavy atom. The van der Waals surface area contributed by atoms with E-state index < -0.39 is 0 Å². The van der Waals surface area contributed by atoms with E-state index in [0.29, 0.717) is 0 Å². The summed E-state index contributed by atoms with van der Waals surface area (Å²) in [5.41, 5.74) is 0. The molecule has 4 nitrogen and oxygen atoms in total. The van der Waals surface area contributed by atoms with Crippen molar-refractivity contribution in [3.05, 3.63) is 0 Å². The Bertz CT molecular complexity index is 252. The van der Waals surface area contributed by atoms with Gasteiger partial charge in [0.1, 0.15) is 0 Å². The van der Waals surface area contributed by atoms with Crippen molar-refractivity contribution in [2.75, 3.05) is 46.8 Å². The first-order chi connectivity index (χ1) is 9.27. The van der Waals surface area contributed by atoms with Crippen LogP contribution in [0.2, 0.25) is 0 Å². The van der Waals surface area contributed by atoms with Crippen LogP contribution >= 0.6 is 24.0 Å². The Morgan fingerprint density at radius 1 is 1.20 bits per heavy atom. The zero-order valence-corrected chi connectivity index (χ0v) is 15.9. The molecule has 1 N–H and O–H groups in total. The molecule has 0 bridgehead atoms. The van der Waals surface area contributed by atoms with Crippen molar-refractivity contribution < 1.29 is 0 Å². The molecule has 0 saturated carbocycles. The number of rotatable bonds is 8. The Kier molecular flexibility index (Phi) is 12.7. The summed E-state index contributed by atoms with van der Waals surface area (Å²) >= 11 is 0. The van der Waals surface area contributed by atoms with Crippen LogP contribution in [0.25, 0.3) is 0 Å². The Hall–Kier alpha value is -0.0400. The van der Waals surface area contributed by atoms with Crippen molar-refractivity contribution >= 4 is 29.9 Å². The monoisotopic (exact) mass is 396 g/mol. The second-order valence-corrected chi connectivity index (χ2v) is 5.50. The standard InChI is InChI=1S/C15H32N4.HI/c1-4-5-11-18(3)15(16-2)17-10-6-7-12-19-13-8-9-14-19;/h4-14H2,1-3H3,(H,16,17);1H. The van der Waals surface area contributed by atoms with Crippen molar-refractivity contribution in [1.82, 2.24) is 15.1 Å². The van der Waals surface area contributed by atoms with Gasteiger partial charge < -0.3 is 15.1 Å². The fraction of sp³-hybridized carbons (Fsp3) is 0.933. The number of likely N-dealkylation sites (tertiary alicyclic amines) is 1. The third kappa shape index (κ3) is 8.29. The maximum atomic E-state index is 4.34. The summed E-state index contributed by atoms with van der Waals surface area (Å²) in [4.78, 5) is 9.15. The van der Waals surface area contributed by atoms with E-state index in [1.54, 1.807) is 0 Å². The Labute approximate surface area is 142 Å². The molecule has 1 aliphatic heterocycles. The Morgan fingerprint density at radius 3 is 2.50 bits per heavy atom. The summed E-state index contributed by atoms with van der Waals surface area (Å²) in [5.74, 6) is 1.04. The van der Waals surface area contributed by atoms with E-state index in [4.69, 9.17) is 0 Å². The second kappa shape index (κ2) is 12.7. The number of halogens is 1. The molecule has 0 aromatic carbocycles. The van der Waals surface area contributed by atoms with Crippen LogP contribution in [0, 0.1) is 0 Å². The fourth-order valence-electron chi connectivity index (χ4n) is 2.55. The highest BCUT2D eigenvalue weighted by atomic mass is 127. The van der Waals surface area contributed by atoms with Crippen LogP contribution in [-0.2, 0) is 0 Å². The average molecular weight is 396 g/mol. The van der Waals surface area contributed by atoms with E-state index in [1.165, 1.54) is 58.2 Å². The molecule has 0 aromatic heterocycles. The summed E-state index contributed by atoms with van der Waals surface area (Å²) in [6, 6.07) is 0. The normalized spacial score (nSPS) is 16.1. The largest absolute Gasteiger partial charge is 0.356 e. The number of guanidine groups is 1. The summed E-state index contributed by atoms with van der Waals surface area (Å²) in [6.07, 6.45) is 7.78. The lowest BCUT2D eigenvalue weighted by molar-refractivity contribution is 0.330. The van der Waals surface area contributed by atoms with E-state index in [1.807, 2.05) is 7.05 Å². The zero-order chi connectivity index (χ0) is 13.9. The number of nitrogens with one attached hydrogen (secondary N) is 1.